The number of fused-ring (bicyclic) bond motifs is 1. The zero-order valence-electron chi connectivity index (χ0n) is 15.9. The van der Waals surface area contributed by atoms with Gasteiger partial charge in [0.1, 0.15) is 11.9 Å². The largest absolute Gasteiger partial charge is 0.338 e. The van der Waals surface area contributed by atoms with Gasteiger partial charge in [-0.1, -0.05) is 36.4 Å². The van der Waals surface area contributed by atoms with Crippen molar-refractivity contribution < 1.29 is 18.8 Å². The van der Waals surface area contributed by atoms with Crippen molar-refractivity contribution in [2.24, 2.45) is 0 Å². The molecular weight excluding hydrogens is 373 g/mol. The Labute approximate surface area is 168 Å². The fourth-order valence-electron chi connectivity index (χ4n) is 3.87. The van der Waals surface area contributed by atoms with Gasteiger partial charge in [0.15, 0.2) is 0 Å². The molecule has 1 N–H and O–H groups in total. The third-order valence-electron chi connectivity index (χ3n) is 5.47. The third-order valence-corrected chi connectivity index (χ3v) is 5.47. The molecule has 0 radical (unpaired) electrons. The van der Waals surface area contributed by atoms with E-state index in [1.165, 1.54) is 23.8 Å². The van der Waals surface area contributed by atoms with Crippen LogP contribution in [0.25, 0.3) is 0 Å². The predicted octanol–water partition coefficient (Wildman–Crippen LogP) is 2.61. The second-order valence-electron chi connectivity index (χ2n) is 7.43. The van der Waals surface area contributed by atoms with Crippen molar-refractivity contribution in [2.45, 2.75) is 38.4 Å². The molecule has 6 nitrogen and oxygen atoms in total. The van der Waals surface area contributed by atoms with Gasteiger partial charge in [0.25, 0.3) is 5.91 Å². The fraction of sp³-hybridized carbons (Fsp3) is 0.318. The summed E-state index contributed by atoms with van der Waals surface area (Å²) in [5, 5.41) is 2.64. The van der Waals surface area contributed by atoms with E-state index in [-0.39, 0.29) is 31.2 Å². The molecular formula is C22H22FN3O3. The maximum Gasteiger partial charge on any atom is 0.325 e. The minimum atomic E-state index is -0.725. The zero-order chi connectivity index (χ0) is 20.4. The standard InChI is InChI=1S/C22H22FN3O3/c23-18-7-3-4-15(12-18)13-26-21(28)19(24-22(26)29)8-9-20(27)25-11-10-16-5-1-2-6-17(16)14-25/h1-7,12,19H,8-11,13-14H2,(H,24,29). The van der Waals surface area contributed by atoms with Crippen LogP contribution in [0.4, 0.5) is 9.18 Å². The van der Waals surface area contributed by atoms with Crippen molar-refractivity contribution >= 4 is 17.8 Å². The number of urea groups is 1. The smallest absolute Gasteiger partial charge is 0.325 e. The molecule has 4 rings (SSSR count). The lowest BCUT2D eigenvalue weighted by atomic mass is 9.99. The van der Waals surface area contributed by atoms with E-state index in [1.807, 2.05) is 18.2 Å². The van der Waals surface area contributed by atoms with Crippen LogP contribution < -0.4 is 5.32 Å². The van der Waals surface area contributed by atoms with Gasteiger partial charge >= 0.3 is 6.03 Å². The van der Waals surface area contributed by atoms with Crippen LogP contribution in [0.5, 0.6) is 0 Å². The molecule has 2 aromatic carbocycles. The van der Waals surface area contributed by atoms with Crippen molar-refractivity contribution in [1.82, 2.24) is 15.1 Å². The Morgan fingerprint density at radius 3 is 2.69 bits per heavy atom. The monoisotopic (exact) mass is 395 g/mol. The van der Waals surface area contributed by atoms with Crippen LogP contribution in [0.2, 0.25) is 0 Å². The highest BCUT2D eigenvalue weighted by atomic mass is 19.1. The Morgan fingerprint density at radius 2 is 1.90 bits per heavy atom. The molecule has 2 aliphatic heterocycles. The van der Waals surface area contributed by atoms with Crippen LogP contribution in [-0.2, 0) is 29.1 Å². The summed E-state index contributed by atoms with van der Waals surface area (Å²) >= 11 is 0. The summed E-state index contributed by atoms with van der Waals surface area (Å²) < 4.78 is 13.3. The Balaban J connectivity index is 1.33. The summed E-state index contributed by atoms with van der Waals surface area (Å²) in [5.41, 5.74) is 2.96. The molecule has 0 aliphatic carbocycles. The lowest BCUT2D eigenvalue weighted by molar-refractivity contribution is -0.132. The highest BCUT2D eigenvalue weighted by molar-refractivity contribution is 6.04. The number of benzene rings is 2. The maximum absolute atomic E-state index is 13.3. The second kappa shape index (κ2) is 8.03. The number of hydrogen-bond donors (Lipinski definition) is 1. The van der Waals surface area contributed by atoms with Crippen LogP contribution in [0.3, 0.4) is 0 Å². The first-order chi connectivity index (χ1) is 14.0. The number of halogens is 1. The molecule has 1 atom stereocenters. The van der Waals surface area contributed by atoms with Gasteiger partial charge in [0, 0.05) is 19.5 Å². The number of imide groups is 1. The van der Waals surface area contributed by atoms with E-state index in [0.29, 0.717) is 18.7 Å². The van der Waals surface area contributed by atoms with E-state index >= 15 is 0 Å². The Kier molecular flexibility index (Phi) is 5.29. The summed E-state index contributed by atoms with van der Waals surface area (Å²) in [7, 11) is 0. The molecule has 0 bridgehead atoms. The van der Waals surface area contributed by atoms with Gasteiger partial charge in [0.2, 0.25) is 5.91 Å². The molecule has 2 aromatic rings. The van der Waals surface area contributed by atoms with Gasteiger partial charge in [-0.15, -0.1) is 0 Å². The van der Waals surface area contributed by atoms with E-state index < -0.39 is 17.9 Å². The zero-order valence-corrected chi connectivity index (χ0v) is 15.9. The van der Waals surface area contributed by atoms with Crippen molar-refractivity contribution in [1.29, 1.82) is 0 Å². The minimum absolute atomic E-state index is 0.00970. The fourth-order valence-corrected chi connectivity index (χ4v) is 3.87. The number of amides is 4. The molecule has 0 spiro atoms. The van der Waals surface area contributed by atoms with Crippen LogP contribution in [0, 0.1) is 5.82 Å². The lowest BCUT2D eigenvalue weighted by Crippen LogP contribution is -2.37. The van der Waals surface area contributed by atoms with Crippen molar-refractivity contribution in [3.05, 3.63) is 71.0 Å². The molecule has 1 unspecified atom stereocenters. The molecule has 150 valence electrons. The van der Waals surface area contributed by atoms with Crippen LogP contribution >= 0.6 is 0 Å². The molecule has 1 fully saturated rings. The van der Waals surface area contributed by atoms with E-state index in [4.69, 9.17) is 0 Å². The van der Waals surface area contributed by atoms with Gasteiger partial charge in [-0.2, -0.15) is 0 Å². The Bertz CT molecular complexity index is 962. The SMILES string of the molecule is O=C(CCC1NC(=O)N(Cc2cccc(F)c2)C1=O)N1CCc2ccccc2C1. The van der Waals surface area contributed by atoms with Crippen LogP contribution in [0.1, 0.15) is 29.5 Å². The molecule has 0 aromatic heterocycles. The normalized spacial score (nSPS) is 18.6. The van der Waals surface area contributed by atoms with Gasteiger partial charge in [-0.25, -0.2) is 9.18 Å². The Hall–Kier alpha value is -3.22. The topological polar surface area (TPSA) is 69.7 Å². The Morgan fingerprint density at radius 1 is 1.10 bits per heavy atom. The molecule has 4 amide bonds. The number of hydrogen-bond acceptors (Lipinski definition) is 3. The second-order valence-corrected chi connectivity index (χ2v) is 7.43. The molecule has 29 heavy (non-hydrogen) atoms. The van der Waals surface area contributed by atoms with E-state index in [2.05, 4.69) is 11.4 Å². The van der Waals surface area contributed by atoms with E-state index in [0.717, 1.165) is 16.9 Å². The highest BCUT2D eigenvalue weighted by Crippen LogP contribution is 2.21. The van der Waals surface area contributed by atoms with E-state index in [9.17, 15) is 18.8 Å². The summed E-state index contributed by atoms with van der Waals surface area (Å²) in [4.78, 5) is 40.2. The highest BCUT2D eigenvalue weighted by Gasteiger charge is 2.38. The maximum atomic E-state index is 13.3. The third kappa shape index (κ3) is 4.13. The van der Waals surface area contributed by atoms with Crippen molar-refractivity contribution in [3.63, 3.8) is 0 Å². The van der Waals surface area contributed by atoms with Gasteiger partial charge in [0.05, 0.1) is 6.54 Å². The van der Waals surface area contributed by atoms with Crippen LogP contribution in [-0.4, -0.2) is 40.2 Å². The first-order valence-electron chi connectivity index (χ1n) is 9.72. The number of carbonyl (C=O) groups is 3. The quantitative estimate of drug-likeness (QED) is 0.792. The summed E-state index contributed by atoms with van der Waals surface area (Å²) in [6.45, 7) is 1.24. The molecule has 0 saturated carbocycles. The molecule has 2 aliphatic rings. The molecule has 2 heterocycles. The number of nitrogens with one attached hydrogen (secondary N) is 1. The average molecular weight is 395 g/mol. The lowest BCUT2D eigenvalue weighted by Gasteiger charge is -2.29. The van der Waals surface area contributed by atoms with Crippen molar-refractivity contribution in [3.8, 4) is 0 Å². The van der Waals surface area contributed by atoms with Gasteiger partial charge in [-0.05, 0) is 41.7 Å². The molecule has 7 heteroatoms. The summed E-state index contributed by atoms with van der Waals surface area (Å²) in [6, 6.07) is 12.6. The summed E-state index contributed by atoms with van der Waals surface area (Å²) in [6.07, 6.45) is 1.26. The first kappa shape index (κ1) is 19.1. The first-order valence-corrected chi connectivity index (χ1v) is 9.72. The average Bonchev–Trinajstić information content (AvgIpc) is 2.99. The number of nitrogens with zero attached hydrogens (tertiary/aromatic N) is 2. The molecule has 1 saturated heterocycles. The van der Waals surface area contributed by atoms with Gasteiger partial charge in [-0.3, -0.25) is 14.5 Å². The minimum Gasteiger partial charge on any atom is -0.338 e. The van der Waals surface area contributed by atoms with Crippen molar-refractivity contribution in [2.75, 3.05) is 6.54 Å². The van der Waals surface area contributed by atoms with E-state index in [1.54, 1.807) is 11.0 Å². The predicted molar refractivity (Wildman–Crippen MR) is 104 cm³/mol. The summed E-state index contributed by atoms with van der Waals surface area (Å²) in [5.74, 6) is -0.819. The van der Waals surface area contributed by atoms with Crippen LogP contribution in [0.15, 0.2) is 48.5 Å². The van der Waals surface area contributed by atoms with Gasteiger partial charge < -0.3 is 10.2 Å². The number of carbonyl (C=O) groups excluding carboxylic acids is 3. The number of rotatable bonds is 5.